The van der Waals surface area contributed by atoms with Crippen LogP contribution < -0.4 is 0 Å². The molecule has 0 amide bonds. The fourth-order valence-electron chi connectivity index (χ4n) is 1.70. The number of hydrogen-bond acceptors (Lipinski definition) is 2. The first kappa shape index (κ1) is 11.2. The summed E-state index contributed by atoms with van der Waals surface area (Å²) in [7, 11) is 0. The van der Waals surface area contributed by atoms with Gasteiger partial charge in [-0.05, 0) is 25.0 Å². The lowest BCUT2D eigenvalue weighted by Gasteiger charge is -2.25. The third-order valence-corrected chi connectivity index (χ3v) is 2.61. The summed E-state index contributed by atoms with van der Waals surface area (Å²) in [6.45, 7) is 4.12. The first-order chi connectivity index (χ1) is 6.70. The molecule has 0 saturated carbocycles. The topological polar surface area (TPSA) is 33.1 Å². The quantitative estimate of drug-likeness (QED) is 0.779. The van der Waals surface area contributed by atoms with E-state index in [9.17, 15) is 5.11 Å². The van der Waals surface area contributed by atoms with Gasteiger partial charge in [-0.1, -0.05) is 26.3 Å². The second-order valence-electron chi connectivity index (χ2n) is 3.83. The van der Waals surface area contributed by atoms with Crippen LogP contribution in [0, 0.1) is 0 Å². The Balaban J connectivity index is 2.65. The summed E-state index contributed by atoms with van der Waals surface area (Å²) in [5, 5.41) is 10.2. The Labute approximate surface area is 86.0 Å². The Bertz CT molecular complexity index is 260. The number of rotatable bonds is 5. The molecular formula is C12H19NO. The van der Waals surface area contributed by atoms with E-state index in [1.54, 1.807) is 6.20 Å². The summed E-state index contributed by atoms with van der Waals surface area (Å²) in [5.41, 5.74) is 0.411. The number of hydrogen-bond donors (Lipinski definition) is 1. The predicted molar refractivity (Wildman–Crippen MR) is 58.1 cm³/mol. The standard InChI is InChI=1S/C12H19NO/c1-3-8-12(14,4-2)10-11-7-5-6-9-13-11/h5-7,9,14H,3-4,8,10H2,1-2H3. The molecule has 0 radical (unpaired) electrons. The van der Waals surface area contributed by atoms with Gasteiger partial charge in [-0.25, -0.2) is 0 Å². The molecular weight excluding hydrogens is 174 g/mol. The SMILES string of the molecule is CCCC(O)(CC)Cc1ccccn1. The Hall–Kier alpha value is -0.890. The van der Waals surface area contributed by atoms with Crippen molar-refractivity contribution >= 4 is 0 Å². The highest BCUT2D eigenvalue weighted by Gasteiger charge is 2.24. The van der Waals surface area contributed by atoms with E-state index in [0.29, 0.717) is 6.42 Å². The number of aliphatic hydroxyl groups is 1. The van der Waals surface area contributed by atoms with Crippen LogP contribution in [0.5, 0.6) is 0 Å². The van der Waals surface area contributed by atoms with Crippen molar-refractivity contribution in [2.45, 2.75) is 45.1 Å². The van der Waals surface area contributed by atoms with Gasteiger partial charge in [0, 0.05) is 18.3 Å². The maximum Gasteiger partial charge on any atom is 0.0700 e. The molecule has 0 aliphatic carbocycles. The van der Waals surface area contributed by atoms with Crippen molar-refractivity contribution in [1.82, 2.24) is 4.98 Å². The molecule has 1 heterocycles. The minimum atomic E-state index is -0.566. The van der Waals surface area contributed by atoms with Gasteiger partial charge in [0.05, 0.1) is 5.60 Å². The third kappa shape index (κ3) is 3.11. The summed E-state index contributed by atoms with van der Waals surface area (Å²) in [5.74, 6) is 0. The predicted octanol–water partition coefficient (Wildman–Crippen LogP) is 2.57. The van der Waals surface area contributed by atoms with E-state index in [-0.39, 0.29) is 0 Å². The molecule has 0 spiro atoms. The summed E-state index contributed by atoms with van der Waals surface area (Å²) >= 11 is 0. The van der Waals surface area contributed by atoms with Crippen molar-refractivity contribution in [3.63, 3.8) is 0 Å². The Morgan fingerprint density at radius 1 is 1.36 bits per heavy atom. The van der Waals surface area contributed by atoms with Crippen LogP contribution in [0.4, 0.5) is 0 Å². The highest BCUT2D eigenvalue weighted by Crippen LogP contribution is 2.21. The van der Waals surface area contributed by atoms with E-state index < -0.39 is 5.60 Å². The van der Waals surface area contributed by atoms with Gasteiger partial charge in [0.1, 0.15) is 0 Å². The first-order valence-electron chi connectivity index (χ1n) is 5.32. The molecule has 14 heavy (non-hydrogen) atoms. The van der Waals surface area contributed by atoms with Gasteiger partial charge in [0.25, 0.3) is 0 Å². The van der Waals surface area contributed by atoms with Crippen LogP contribution in [-0.2, 0) is 6.42 Å². The Morgan fingerprint density at radius 2 is 2.14 bits per heavy atom. The van der Waals surface area contributed by atoms with Gasteiger partial charge >= 0.3 is 0 Å². The molecule has 1 N–H and O–H groups in total. The molecule has 2 nitrogen and oxygen atoms in total. The van der Waals surface area contributed by atoms with Crippen molar-refractivity contribution in [2.24, 2.45) is 0 Å². The summed E-state index contributed by atoms with van der Waals surface area (Å²) in [6.07, 6.45) is 5.09. The Morgan fingerprint density at radius 3 is 2.64 bits per heavy atom. The Kier molecular flexibility index (Phi) is 4.08. The monoisotopic (exact) mass is 193 g/mol. The van der Waals surface area contributed by atoms with Gasteiger partial charge in [-0.2, -0.15) is 0 Å². The number of pyridine rings is 1. The van der Waals surface area contributed by atoms with E-state index in [0.717, 1.165) is 25.0 Å². The lowest BCUT2D eigenvalue weighted by molar-refractivity contribution is 0.0262. The molecule has 0 saturated heterocycles. The third-order valence-electron chi connectivity index (χ3n) is 2.61. The second kappa shape index (κ2) is 5.11. The molecule has 0 aliphatic rings. The fraction of sp³-hybridized carbons (Fsp3) is 0.583. The normalized spacial score (nSPS) is 15.1. The maximum absolute atomic E-state index is 10.2. The van der Waals surface area contributed by atoms with Crippen LogP contribution in [0.25, 0.3) is 0 Å². The smallest absolute Gasteiger partial charge is 0.0700 e. The van der Waals surface area contributed by atoms with Crippen LogP contribution >= 0.6 is 0 Å². The molecule has 1 aromatic rings. The molecule has 2 heteroatoms. The van der Waals surface area contributed by atoms with E-state index in [2.05, 4.69) is 11.9 Å². The summed E-state index contributed by atoms with van der Waals surface area (Å²) in [4.78, 5) is 4.23. The molecule has 1 rings (SSSR count). The van der Waals surface area contributed by atoms with Crippen molar-refractivity contribution < 1.29 is 5.11 Å². The summed E-state index contributed by atoms with van der Waals surface area (Å²) < 4.78 is 0. The van der Waals surface area contributed by atoms with Crippen molar-refractivity contribution in [3.05, 3.63) is 30.1 Å². The lowest BCUT2D eigenvalue weighted by atomic mass is 9.90. The second-order valence-corrected chi connectivity index (χ2v) is 3.83. The van der Waals surface area contributed by atoms with Crippen LogP contribution in [0.3, 0.4) is 0 Å². The van der Waals surface area contributed by atoms with Gasteiger partial charge in [0.2, 0.25) is 0 Å². The molecule has 78 valence electrons. The molecule has 0 fully saturated rings. The van der Waals surface area contributed by atoms with Crippen LogP contribution in [0.1, 0.15) is 38.8 Å². The molecule has 0 aliphatic heterocycles. The zero-order valence-electron chi connectivity index (χ0n) is 9.03. The summed E-state index contributed by atoms with van der Waals surface area (Å²) in [6, 6.07) is 5.83. The minimum absolute atomic E-state index is 0.566. The zero-order valence-corrected chi connectivity index (χ0v) is 9.03. The van der Waals surface area contributed by atoms with E-state index in [1.807, 2.05) is 25.1 Å². The largest absolute Gasteiger partial charge is 0.389 e. The van der Waals surface area contributed by atoms with Gasteiger partial charge in [-0.3, -0.25) is 4.98 Å². The van der Waals surface area contributed by atoms with Gasteiger partial charge < -0.3 is 5.11 Å². The zero-order chi connectivity index (χ0) is 10.4. The number of nitrogens with zero attached hydrogens (tertiary/aromatic N) is 1. The van der Waals surface area contributed by atoms with E-state index in [1.165, 1.54) is 0 Å². The average molecular weight is 193 g/mol. The van der Waals surface area contributed by atoms with Crippen LogP contribution in [-0.4, -0.2) is 15.7 Å². The average Bonchev–Trinajstić information content (AvgIpc) is 2.20. The van der Waals surface area contributed by atoms with Crippen LogP contribution in [0.15, 0.2) is 24.4 Å². The lowest BCUT2D eigenvalue weighted by Crippen LogP contribution is -2.30. The van der Waals surface area contributed by atoms with Crippen molar-refractivity contribution in [2.75, 3.05) is 0 Å². The first-order valence-corrected chi connectivity index (χ1v) is 5.32. The molecule has 0 bridgehead atoms. The maximum atomic E-state index is 10.2. The molecule has 0 aromatic carbocycles. The highest BCUT2D eigenvalue weighted by molar-refractivity contribution is 5.06. The molecule has 1 atom stereocenters. The number of aromatic nitrogens is 1. The van der Waals surface area contributed by atoms with Gasteiger partial charge in [-0.15, -0.1) is 0 Å². The van der Waals surface area contributed by atoms with Gasteiger partial charge in [0.15, 0.2) is 0 Å². The van der Waals surface area contributed by atoms with E-state index >= 15 is 0 Å². The molecule has 1 unspecified atom stereocenters. The van der Waals surface area contributed by atoms with Crippen molar-refractivity contribution in [1.29, 1.82) is 0 Å². The fourth-order valence-corrected chi connectivity index (χ4v) is 1.70. The molecule has 1 aromatic heterocycles. The van der Waals surface area contributed by atoms with Crippen molar-refractivity contribution in [3.8, 4) is 0 Å². The van der Waals surface area contributed by atoms with Crippen LogP contribution in [0.2, 0.25) is 0 Å². The van der Waals surface area contributed by atoms with E-state index in [4.69, 9.17) is 0 Å². The minimum Gasteiger partial charge on any atom is -0.389 e. The highest BCUT2D eigenvalue weighted by atomic mass is 16.3.